The molecule has 160 valence electrons. The Balaban J connectivity index is 1.99. The molecule has 2 aromatic carbocycles. The lowest BCUT2D eigenvalue weighted by Crippen LogP contribution is -2.33. The summed E-state index contributed by atoms with van der Waals surface area (Å²) in [4.78, 5) is 22.0. The molecule has 0 unspecified atom stereocenters. The smallest absolute Gasteiger partial charge is 0.260 e. The van der Waals surface area contributed by atoms with Crippen LogP contribution in [0.25, 0.3) is 10.2 Å². The first-order valence-electron chi connectivity index (χ1n) is 9.88. The standard InChI is InChI=1S/C22H27N3O3S2/c1-5-30(27,28)18-9-6-8-17(15-18)21(26)25(13-7-12-24(3)4)22-23-19-11-10-16(2)14-20(19)29-22/h6,8-11,14-15H,5,7,12-13H2,1-4H3. The van der Waals surface area contributed by atoms with Crippen LogP contribution in [0, 0.1) is 6.92 Å². The largest absolute Gasteiger partial charge is 0.309 e. The van der Waals surface area contributed by atoms with Gasteiger partial charge in [0, 0.05) is 12.1 Å². The fourth-order valence-corrected chi connectivity index (χ4v) is 5.12. The van der Waals surface area contributed by atoms with Gasteiger partial charge in [-0.3, -0.25) is 9.69 Å². The van der Waals surface area contributed by atoms with Crippen molar-refractivity contribution in [1.29, 1.82) is 0 Å². The van der Waals surface area contributed by atoms with Gasteiger partial charge in [0.2, 0.25) is 0 Å². The zero-order valence-corrected chi connectivity index (χ0v) is 19.4. The van der Waals surface area contributed by atoms with Crippen LogP contribution in [0.1, 0.15) is 29.3 Å². The molecule has 0 aliphatic rings. The number of carbonyl (C=O) groups is 1. The Bertz CT molecular complexity index is 1150. The maximum Gasteiger partial charge on any atom is 0.260 e. The molecule has 0 bridgehead atoms. The average molecular weight is 446 g/mol. The van der Waals surface area contributed by atoms with Crippen molar-refractivity contribution in [2.24, 2.45) is 0 Å². The van der Waals surface area contributed by atoms with Crippen molar-refractivity contribution < 1.29 is 13.2 Å². The van der Waals surface area contributed by atoms with Crippen molar-refractivity contribution in [2.45, 2.75) is 25.2 Å². The van der Waals surface area contributed by atoms with Gasteiger partial charge >= 0.3 is 0 Å². The van der Waals surface area contributed by atoms with Gasteiger partial charge in [0.05, 0.1) is 20.9 Å². The van der Waals surface area contributed by atoms with Crippen molar-refractivity contribution in [3.63, 3.8) is 0 Å². The summed E-state index contributed by atoms with van der Waals surface area (Å²) in [6, 6.07) is 12.3. The van der Waals surface area contributed by atoms with Crippen molar-refractivity contribution in [3.8, 4) is 0 Å². The molecule has 6 nitrogen and oxygen atoms in total. The Morgan fingerprint density at radius 2 is 1.87 bits per heavy atom. The quantitative estimate of drug-likeness (QED) is 0.524. The molecule has 0 aliphatic carbocycles. The summed E-state index contributed by atoms with van der Waals surface area (Å²) in [6.07, 6.45) is 0.778. The van der Waals surface area contributed by atoms with Crippen LogP contribution in [0.3, 0.4) is 0 Å². The summed E-state index contributed by atoms with van der Waals surface area (Å²) in [7, 11) is 0.595. The number of hydrogen-bond acceptors (Lipinski definition) is 6. The van der Waals surface area contributed by atoms with E-state index in [0.29, 0.717) is 17.2 Å². The molecule has 30 heavy (non-hydrogen) atoms. The number of sulfone groups is 1. The molecular formula is C22H27N3O3S2. The first kappa shape index (κ1) is 22.4. The zero-order chi connectivity index (χ0) is 21.9. The number of amides is 1. The summed E-state index contributed by atoms with van der Waals surface area (Å²) in [6.45, 7) is 4.96. The lowest BCUT2D eigenvalue weighted by Gasteiger charge is -2.21. The van der Waals surface area contributed by atoms with E-state index in [1.54, 1.807) is 24.0 Å². The lowest BCUT2D eigenvalue weighted by atomic mass is 10.2. The molecule has 3 aromatic rings. The Kier molecular flexibility index (Phi) is 6.90. The number of nitrogens with zero attached hydrogens (tertiary/aromatic N) is 3. The van der Waals surface area contributed by atoms with Crippen molar-refractivity contribution in [2.75, 3.05) is 37.8 Å². The SMILES string of the molecule is CCS(=O)(=O)c1cccc(C(=O)N(CCCN(C)C)c2nc3ccc(C)cc3s2)c1. The fourth-order valence-electron chi connectivity index (χ4n) is 3.11. The van der Waals surface area contributed by atoms with E-state index in [0.717, 1.165) is 28.7 Å². The number of thiazole rings is 1. The number of benzene rings is 2. The minimum atomic E-state index is -3.39. The number of aromatic nitrogens is 1. The molecule has 0 radical (unpaired) electrons. The summed E-state index contributed by atoms with van der Waals surface area (Å²) in [5, 5.41) is 0.628. The van der Waals surface area contributed by atoms with Crippen LogP contribution in [-0.4, -0.2) is 57.1 Å². The van der Waals surface area contributed by atoms with Gasteiger partial charge in [-0.1, -0.05) is 30.4 Å². The monoisotopic (exact) mass is 445 g/mol. The van der Waals surface area contributed by atoms with Gasteiger partial charge in [-0.2, -0.15) is 0 Å². The van der Waals surface area contributed by atoms with Gasteiger partial charge in [0.25, 0.3) is 5.91 Å². The molecule has 0 fully saturated rings. The molecule has 1 aromatic heterocycles. The predicted molar refractivity (Wildman–Crippen MR) is 123 cm³/mol. The molecule has 8 heteroatoms. The average Bonchev–Trinajstić information content (AvgIpc) is 3.13. The first-order chi connectivity index (χ1) is 14.2. The number of rotatable bonds is 8. The van der Waals surface area contributed by atoms with Gasteiger partial charge in [-0.05, 0) is 69.9 Å². The highest BCUT2D eigenvalue weighted by Gasteiger charge is 2.23. The minimum Gasteiger partial charge on any atom is -0.309 e. The third-order valence-corrected chi connectivity index (χ3v) is 7.59. The van der Waals surface area contributed by atoms with Crippen LogP contribution in [0.2, 0.25) is 0 Å². The van der Waals surface area contributed by atoms with Crippen LogP contribution in [0.15, 0.2) is 47.4 Å². The van der Waals surface area contributed by atoms with E-state index in [-0.39, 0.29) is 16.6 Å². The van der Waals surface area contributed by atoms with Crippen LogP contribution >= 0.6 is 11.3 Å². The lowest BCUT2D eigenvalue weighted by molar-refractivity contribution is 0.0986. The summed E-state index contributed by atoms with van der Waals surface area (Å²) >= 11 is 1.48. The van der Waals surface area contributed by atoms with E-state index in [2.05, 4.69) is 16.0 Å². The molecule has 3 rings (SSSR count). The minimum absolute atomic E-state index is 0.00554. The maximum absolute atomic E-state index is 13.4. The van der Waals surface area contributed by atoms with Crippen molar-refractivity contribution >= 4 is 42.4 Å². The van der Waals surface area contributed by atoms with Gasteiger partial charge in [0.15, 0.2) is 15.0 Å². The summed E-state index contributed by atoms with van der Waals surface area (Å²) in [5.41, 5.74) is 2.35. The van der Waals surface area contributed by atoms with Crippen molar-refractivity contribution in [3.05, 3.63) is 53.6 Å². The zero-order valence-electron chi connectivity index (χ0n) is 17.8. The van der Waals surface area contributed by atoms with Crippen molar-refractivity contribution in [1.82, 2.24) is 9.88 Å². The fraction of sp³-hybridized carbons (Fsp3) is 0.364. The second kappa shape index (κ2) is 9.24. The van der Waals surface area contributed by atoms with Crippen LogP contribution in [-0.2, 0) is 9.84 Å². The molecular weight excluding hydrogens is 418 g/mol. The third-order valence-electron chi connectivity index (χ3n) is 4.82. The first-order valence-corrected chi connectivity index (χ1v) is 12.3. The van der Waals surface area contributed by atoms with E-state index < -0.39 is 9.84 Å². The number of aryl methyl sites for hydroxylation is 1. The molecule has 0 aliphatic heterocycles. The topological polar surface area (TPSA) is 70.6 Å². The van der Waals surface area contributed by atoms with Crippen LogP contribution in [0.5, 0.6) is 0 Å². The summed E-state index contributed by atoms with van der Waals surface area (Å²) in [5.74, 6) is -0.244. The van der Waals surface area contributed by atoms with Gasteiger partial charge in [-0.25, -0.2) is 13.4 Å². The summed E-state index contributed by atoms with van der Waals surface area (Å²) < 4.78 is 25.6. The van der Waals surface area contributed by atoms with Crippen LogP contribution in [0.4, 0.5) is 5.13 Å². The molecule has 0 saturated carbocycles. The van der Waals surface area contributed by atoms with E-state index in [1.807, 2.05) is 33.2 Å². The second-order valence-electron chi connectivity index (χ2n) is 7.51. The number of hydrogen-bond donors (Lipinski definition) is 0. The Labute approximate surface area is 182 Å². The normalized spacial score (nSPS) is 11.9. The molecule has 0 spiro atoms. The van der Waals surface area contributed by atoms with Gasteiger partial charge in [-0.15, -0.1) is 0 Å². The molecule has 1 heterocycles. The highest BCUT2D eigenvalue weighted by molar-refractivity contribution is 7.91. The number of fused-ring (bicyclic) bond motifs is 1. The number of anilines is 1. The van der Waals surface area contributed by atoms with E-state index >= 15 is 0 Å². The molecule has 0 N–H and O–H groups in total. The maximum atomic E-state index is 13.4. The van der Waals surface area contributed by atoms with E-state index in [4.69, 9.17) is 0 Å². The highest BCUT2D eigenvalue weighted by atomic mass is 32.2. The van der Waals surface area contributed by atoms with Gasteiger partial charge in [0.1, 0.15) is 0 Å². The Morgan fingerprint density at radius 1 is 1.10 bits per heavy atom. The molecule has 0 saturated heterocycles. The molecule has 0 atom stereocenters. The van der Waals surface area contributed by atoms with Gasteiger partial charge < -0.3 is 4.90 Å². The second-order valence-corrected chi connectivity index (χ2v) is 10.8. The highest BCUT2D eigenvalue weighted by Crippen LogP contribution is 2.31. The number of carbonyl (C=O) groups excluding carboxylic acids is 1. The predicted octanol–water partition coefficient (Wildman–Crippen LogP) is 4.00. The van der Waals surface area contributed by atoms with E-state index in [1.165, 1.54) is 23.5 Å². The Morgan fingerprint density at radius 3 is 2.57 bits per heavy atom. The van der Waals surface area contributed by atoms with Crippen LogP contribution < -0.4 is 4.90 Å². The molecule has 1 amide bonds. The van der Waals surface area contributed by atoms with E-state index in [9.17, 15) is 13.2 Å². The third kappa shape index (κ3) is 5.06. The Hall–Kier alpha value is -2.29.